The number of benzene rings is 2. The quantitative estimate of drug-likeness (QED) is 0.393. The molecular weight excluding hydrogens is 390 g/mol. The molecule has 0 aliphatic carbocycles. The SMILES string of the molecule is CCOc1cc(-c2ccccc2)nn1CCOc1ccc(-c2cnco2)cc1Cl. The van der Waals surface area contributed by atoms with Gasteiger partial charge in [-0.05, 0) is 25.1 Å². The molecule has 0 radical (unpaired) electrons. The maximum atomic E-state index is 6.36. The Morgan fingerprint density at radius 2 is 1.90 bits per heavy atom. The van der Waals surface area contributed by atoms with Gasteiger partial charge in [-0.1, -0.05) is 41.9 Å². The number of nitrogens with zero attached hydrogens (tertiary/aromatic N) is 3. The fourth-order valence-corrected chi connectivity index (χ4v) is 3.18. The highest BCUT2D eigenvalue weighted by atomic mass is 35.5. The van der Waals surface area contributed by atoms with Crippen molar-refractivity contribution >= 4 is 11.6 Å². The third-order valence-corrected chi connectivity index (χ3v) is 4.61. The molecule has 0 unspecified atom stereocenters. The van der Waals surface area contributed by atoms with Crippen LogP contribution in [0.2, 0.25) is 5.02 Å². The molecule has 0 N–H and O–H groups in total. The van der Waals surface area contributed by atoms with E-state index in [0.29, 0.717) is 42.2 Å². The summed E-state index contributed by atoms with van der Waals surface area (Å²) >= 11 is 6.36. The van der Waals surface area contributed by atoms with Gasteiger partial charge in [-0.2, -0.15) is 5.10 Å². The van der Waals surface area contributed by atoms with E-state index in [-0.39, 0.29) is 0 Å². The molecule has 29 heavy (non-hydrogen) atoms. The summed E-state index contributed by atoms with van der Waals surface area (Å²) in [4.78, 5) is 3.92. The average molecular weight is 410 g/mol. The molecule has 4 rings (SSSR count). The van der Waals surface area contributed by atoms with Crippen LogP contribution in [0.1, 0.15) is 6.92 Å². The third-order valence-electron chi connectivity index (χ3n) is 4.31. The first-order chi connectivity index (χ1) is 14.2. The van der Waals surface area contributed by atoms with E-state index in [0.717, 1.165) is 16.8 Å². The molecule has 2 heterocycles. The van der Waals surface area contributed by atoms with Crippen molar-refractivity contribution in [2.24, 2.45) is 0 Å². The lowest BCUT2D eigenvalue weighted by molar-refractivity contribution is 0.260. The normalized spacial score (nSPS) is 10.8. The van der Waals surface area contributed by atoms with E-state index >= 15 is 0 Å². The zero-order valence-electron chi connectivity index (χ0n) is 15.9. The van der Waals surface area contributed by atoms with E-state index in [9.17, 15) is 0 Å². The second-order valence-corrected chi connectivity index (χ2v) is 6.66. The molecule has 0 amide bonds. The average Bonchev–Trinajstić information content (AvgIpc) is 3.41. The van der Waals surface area contributed by atoms with Crippen LogP contribution < -0.4 is 9.47 Å². The predicted octanol–water partition coefficient (Wildman–Crippen LogP) is 5.34. The molecule has 2 aromatic carbocycles. The monoisotopic (exact) mass is 409 g/mol. The molecule has 0 saturated heterocycles. The molecule has 0 spiro atoms. The highest BCUT2D eigenvalue weighted by Gasteiger charge is 2.12. The van der Waals surface area contributed by atoms with Gasteiger partial charge in [0.05, 0.1) is 30.1 Å². The summed E-state index contributed by atoms with van der Waals surface area (Å²) in [6.07, 6.45) is 3.03. The van der Waals surface area contributed by atoms with Gasteiger partial charge < -0.3 is 13.9 Å². The summed E-state index contributed by atoms with van der Waals surface area (Å²) in [5.74, 6) is 1.97. The van der Waals surface area contributed by atoms with Crippen LogP contribution >= 0.6 is 11.6 Å². The molecule has 2 aromatic heterocycles. The summed E-state index contributed by atoms with van der Waals surface area (Å²) < 4.78 is 18.7. The van der Waals surface area contributed by atoms with Crippen molar-refractivity contribution in [1.29, 1.82) is 0 Å². The maximum absolute atomic E-state index is 6.36. The highest BCUT2D eigenvalue weighted by molar-refractivity contribution is 6.32. The van der Waals surface area contributed by atoms with Gasteiger partial charge in [0.1, 0.15) is 12.4 Å². The lowest BCUT2D eigenvalue weighted by Crippen LogP contribution is -2.11. The summed E-state index contributed by atoms with van der Waals surface area (Å²) in [5, 5.41) is 5.17. The van der Waals surface area contributed by atoms with Gasteiger partial charge in [0.2, 0.25) is 5.88 Å². The summed E-state index contributed by atoms with van der Waals surface area (Å²) in [6.45, 7) is 3.45. The van der Waals surface area contributed by atoms with E-state index in [4.69, 9.17) is 25.5 Å². The Morgan fingerprint density at radius 1 is 1.03 bits per heavy atom. The van der Waals surface area contributed by atoms with Crippen LogP contribution in [-0.4, -0.2) is 28.0 Å². The molecule has 0 aliphatic heterocycles. The molecule has 0 saturated carbocycles. The zero-order chi connectivity index (χ0) is 20.1. The largest absolute Gasteiger partial charge is 0.490 e. The Balaban J connectivity index is 1.44. The molecule has 4 aromatic rings. The van der Waals surface area contributed by atoms with Crippen LogP contribution in [0.5, 0.6) is 11.6 Å². The molecule has 0 aliphatic rings. The van der Waals surface area contributed by atoms with Gasteiger partial charge in [0.15, 0.2) is 12.2 Å². The van der Waals surface area contributed by atoms with Crippen LogP contribution in [0.15, 0.2) is 71.6 Å². The Morgan fingerprint density at radius 3 is 2.62 bits per heavy atom. The Bertz CT molecular complexity index is 1060. The van der Waals surface area contributed by atoms with Crippen LogP contribution in [0.4, 0.5) is 0 Å². The van der Waals surface area contributed by atoms with Crippen LogP contribution in [0.25, 0.3) is 22.6 Å². The van der Waals surface area contributed by atoms with Gasteiger partial charge >= 0.3 is 0 Å². The molecular formula is C22H20ClN3O3. The molecule has 0 bridgehead atoms. The first kappa shape index (κ1) is 19.1. The smallest absolute Gasteiger partial charge is 0.212 e. The van der Waals surface area contributed by atoms with Gasteiger partial charge in [-0.25, -0.2) is 9.67 Å². The Hall–Kier alpha value is -3.25. The number of hydrogen-bond acceptors (Lipinski definition) is 5. The van der Waals surface area contributed by atoms with Crippen molar-refractivity contribution in [2.45, 2.75) is 13.5 Å². The van der Waals surface area contributed by atoms with Gasteiger partial charge in [-0.15, -0.1) is 0 Å². The molecule has 7 heteroatoms. The molecule has 6 nitrogen and oxygen atoms in total. The molecule has 0 fully saturated rings. The van der Waals surface area contributed by atoms with Crippen LogP contribution in [0, 0.1) is 0 Å². The standard InChI is InChI=1S/C22H20ClN3O3/c1-2-27-22-13-19(16-6-4-3-5-7-16)25-26(22)10-11-28-20-9-8-17(12-18(20)23)21-14-24-15-29-21/h3-9,12-15H,2,10-11H2,1H3. The lowest BCUT2D eigenvalue weighted by atomic mass is 10.2. The Labute approximate surface area is 173 Å². The minimum absolute atomic E-state index is 0.400. The number of halogens is 1. The maximum Gasteiger partial charge on any atom is 0.212 e. The second-order valence-electron chi connectivity index (χ2n) is 6.25. The van der Waals surface area contributed by atoms with Gasteiger partial charge in [0, 0.05) is 17.2 Å². The van der Waals surface area contributed by atoms with Crippen molar-refractivity contribution < 1.29 is 13.9 Å². The molecule has 0 atom stereocenters. The third kappa shape index (κ3) is 4.43. The first-order valence-electron chi connectivity index (χ1n) is 9.32. The number of oxazole rings is 1. The van der Waals surface area contributed by atoms with Crippen molar-refractivity contribution in [3.63, 3.8) is 0 Å². The van der Waals surface area contributed by atoms with E-state index < -0.39 is 0 Å². The highest BCUT2D eigenvalue weighted by Crippen LogP contribution is 2.30. The minimum atomic E-state index is 0.400. The Kier molecular flexibility index (Phi) is 5.81. The van der Waals surface area contributed by atoms with Crippen molar-refractivity contribution in [2.75, 3.05) is 13.2 Å². The van der Waals surface area contributed by atoms with Crippen molar-refractivity contribution in [3.8, 4) is 34.2 Å². The molecule has 148 valence electrons. The van der Waals surface area contributed by atoms with Gasteiger partial charge in [0.25, 0.3) is 0 Å². The fourth-order valence-electron chi connectivity index (χ4n) is 2.95. The number of rotatable bonds is 8. The number of aromatic nitrogens is 3. The summed E-state index contributed by atoms with van der Waals surface area (Å²) in [5.41, 5.74) is 2.75. The van der Waals surface area contributed by atoms with E-state index in [1.54, 1.807) is 12.3 Å². The summed E-state index contributed by atoms with van der Waals surface area (Å²) in [6, 6.07) is 17.4. The van der Waals surface area contributed by atoms with E-state index in [1.807, 2.05) is 60.1 Å². The summed E-state index contributed by atoms with van der Waals surface area (Å²) in [7, 11) is 0. The van der Waals surface area contributed by atoms with Crippen LogP contribution in [0.3, 0.4) is 0 Å². The predicted molar refractivity (Wildman–Crippen MR) is 111 cm³/mol. The topological polar surface area (TPSA) is 62.3 Å². The minimum Gasteiger partial charge on any atom is -0.490 e. The first-order valence-corrected chi connectivity index (χ1v) is 9.69. The van der Waals surface area contributed by atoms with Crippen molar-refractivity contribution in [3.05, 3.63) is 72.2 Å². The van der Waals surface area contributed by atoms with Crippen molar-refractivity contribution in [1.82, 2.24) is 14.8 Å². The van der Waals surface area contributed by atoms with Gasteiger partial charge in [-0.3, -0.25) is 0 Å². The zero-order valence-corrected chi connectivity index (χ0v) is 16.7. The van der Waals surface area contributed by atoms with E-state index in [1.165, 1.54) is 6.39 Å². The second kappa shape index (κ2) is 8.84. The van der Waals surface area contributed by atoms with Crippen LogP contribution in [-0.2, 0) is 6.54 Å². The number of ether oxygens (including phenoxy) is 2. The lowest BCUT2D eigenvalue weighted by Gasteiger charge is -2.11. The van der Waals surface area contributed by atoms with E-state index in [2.05, 4.69) is 10.1 Å². The fraction of sp³-hybridized carbons (Fsp3) is 0.182. The number of hydrogen-bond donors (Lipinski definition) is 0.